The highest BCUT2D eigenvalue weighted by atomic mass is 35.5. The van der Waals surface area contributed by atoms with Gasteiger partial charge in [-0.25, -0.2) is 4.79 Å². The number of esters is 1. The number of carbonyl (C=O) groups is 2. The van der Waals surface area contributed by atoms with Gasteiger partial charge in [0.1, 0.15) is 0 Å². The monoisotopic (exact) mass is 459 g/mol. The van der Waals surface area contributed by atoms with E-state index in [0.29, 0.717) is 48.9 Å². The minimum Gasteiger partial charge on any atom is -0.465 e. The van der Waals surface area contributed by atoms with Crippen LogP contribution in [0, 0.1) is 5.92 Å². The number of carbonyl (C=O) groups excluding carboxylic acids is 2. The van der Waals surface area contributed by atoms with Gasteiger partial charge in [0.15, 0.2) is 0 Å². The molecule has 9 heteroatoms. The molecule has 7 nitrogen and oxygen atoms in total. The number of anilines is 2. The Morgan fingerprint density at radius 3 is 2.47 bits per heavy atom. The molecule has 2 atom stereocenters. The number of piperidine rings is 1. The highest BCUT2D eigenvalue weighted by molar-refractivity contribution is 6.02. The summed E-state index contributed by atoms with van der Waals surface area (Å²) in [4.78, 5) is 27.1. The van der Waals surface area contributed by atoms with Crippen LogP contribution in [-0.2, 0) is 14.3 Å². The zero-order chi connectivity index (χ0) is 19.5. The van der Waals surface area contributed by atoms with Gasteiger partial charge in [0.05, 0.1) is 31.6 Å². The van der Waals surface area contributed by atoms with Crippen molar-refractivity contribution in [3.05, 3.63) is 23.8 Å². The van der Waals surface area contributed by atoms with Crippen LogP contribution in [0.4, 0.5) is 11.4 Å². The van der Waals surface area contributed by atoms with E-state index in [9.17, 15) is 9.59 Å². The molecule has 2 bridgehead atoms. The van der Waals surface area contributed by atoms with Gasteiger partial charge in [0.2, 0.25) is 5.91 Å². The third-order valence-electron chi connectivity index (χ3n) is 6.10. The maximum atomic E-state index is 12.7. The molecule has 3 saturated heterocycles. The molecule has 1 aromatic carbocycles. The number of nitrogens with zero attached hydrogens (tertiary/aromatic N) is 1. The normalized spacial score (nSPS) is 25.0. The van der Waals surface area contributed by atoms with E-state index in [1.807, 2.05) is 6.07 Å². The van der Waals surface area contributed by atoms with E-state index in [2.05, 4.69) is 15.5 Å². The first-order valence-electron chi connectivity index (χ1n) is 10.2. The molecule has 3 aliphatic rings. The van der Waals surface area contributed by atoms with Gasteiger partial charge in [-0.05, 0) is 49.8 Å². The van der Waals surface area contributed by atoms with E-state index in [0.717, 1.165) is 31.6 Å². The average molecular weight is 460 g/mol. The van der Waals surface area contributed by atoms with Crippen LogP contribution in [0.15, 0.2) is 18.2 Å². The number of nitrogens with one attached hydrogen (secondary N) is 2. The number of morpholine rings is 1. The molecular weight excluding hydrogens is 429 g/mol. The molecule has 3 fully saturated rings. The molecule has 0 aliphatic carbocycles. The Hall–Kier alpha value is -1.54. The van der Waals surface area contributed by atoms with Gasteiger partial charge in [-0.1, -0.05) is 0 Å². The summed E-state index contributed by atoms with van der Waals surface area (Å²) in [5, 5.41) is 6.56. The number of hydrogen-bond acceptors (Lipinski definition) is 6. The second kappa shape index (κ2) is 11.2. The van der Waals surface area contributed by atoms with Gasteiger partial charge in [0, 0.05) is 37.3 Å². The molecule has 2 N–H and O–H groups in total. The Morgan fingerprint density at radius 1 is 1.17 bits per heavy atom. The predicted molar refractivity (Wildman–Crippen MR) is 121 cm³/mol. The van der Waals surface area contributed by atoms with Crippen molar-refractivity contribution in [3.8, 4) is 0 Å². The second-order valence-corrected chi connectivity index (χ2v) is 8.05. The third kappa shape index (κ3) is 5.78. The Morgan fingerprint density at radius 2 is 1.83 bits per heavy atom. The lowest BCUT2D eigenvalue weighted by Crippen LogP contribution is -2.39. The maximum Gasteiger partial charge on any atom is 0.340 e. The van der Waals surface area contributed by atoms with Crippen molar-refractivity contribution in [3.63, 3.8) is 0 Å². The zero-order valence-electron chi connectivity index (χ0n) is 17.2. The first-order valence-corrected chi connectivity index (χ1v) is 10.2. The molecule has 3 aliphatic heterocycles. The van der Waals surface area contributed by atoms with Crippen molar-refractivity contribution >= 4 is 48.1 Å². The fourth-order valence-electron chi connectivity index (χ4n) is 4.74. The number of benzene rings is 1. The van der Waals surface area contributed by atoms with Crippen LogP contribution in [0.5, 0.6) is 0 Å². The summed E-state index contributed by atoms with van der Waals surface area (Å²) in [6.45, 7) is 2.91. The van der Waals surface area contributed by atoms with Gasteiger partial charge >= 0.3 is 5.97 Å². The van der Waals surface area contributed by atoms with Crippen molar-refractivity contribution in [2.45, 2.75) is 44.2 Å². The van der Waals surface area contributed by atoms with E-state index >= 15 is 0 Å². The van der Waals surface area contributed by atoms with Gasteiger partial charge < -0.3 is 25.0 Å². The average Bonchev–Trinajstić information content (AvgIpc) is 3.06. The molecule has 0 radical (unpaired) electrons. The van der Waals surface area contributed by atoms with Crippen molar-refractivity contribution in [1.29, 1.82) is 0 Å². The van der Waals surface area contributed by atoms with E-state index in [-0.39, 0.29) is 30.7 Å². The molecule has 0 saturated carbocycles. The second-order valence-electron chi connectivity index (χ2n) is 8.05. The highest BCUT2D eigenvalue weighted by Crippen LogP contribution is 2.33. The topological polar surface area (TPSA) is 79.9 Å². The Labute approximate surface area is 190 Å². The highest BCUT2D eigenvalue weighted by Gasteiger charge is 2.34. The number of halogens is 2. The predicted octanol–water partition coefficient (Wildman–Crippen LogP) is 3.01. The molecule has 168 valence electrons. The lowest BCUT2D eigenvalue weighted by molar-refractivity contribution is -0.117. The van der Waals surface area contributed by atoms with Gasteiger partial charge in [0.25, 0.3) is 0 Å². The van der Waals surface area contributed by atoms with E-state index in [4.69, 9.17) is 9.47 Å². The third-order valence-corrected chi connectivity index (χ3v) is 6.10. The quantitative estimate of drug-likeness (QED) is 0.658. The summed E-state index contributed by atoms with van der Waals surface area (Å²) in [7, 11) is 1.36. The summed E-state index contributed by atoms with van der Waals surface area (Å²) < 4.78 is 10.3. The number of hydrogen-bond donors (Lipinski definition) is 2. The number of ether oxygens (including phenoxy) is 2. The van der Waals surface area contributed by atoms with Crippen LogP contribution >= 0.6 is 24.8 Å². The van der Waals surface area contributed by atoms with Gasteiger partial charge in [-0.15, -0.1) is 24.8 Å². The van der Waals surface area contributed by atoms with Crippen LogP contribution in [0.3, 0.4) is 0 Å². The standard InChI is InChI=1S/C21H29N3O4.2ClH/c1-27-21(26)18-13-17(24-6-8-28-9-7-24)4-5-19(18)23-20(25)12-14-10-15-2-3-16(11-14)22-15;;/h4-5,13-16,22H,2-3,6-12H2,1H3,(H,23,25);2*1H. The van der Waals surface area contributed by atoms with Crippen molar-refractivity contribution in [2.24, 2.45) is 5.92 Å². The smallest absolute Gasteiger partial charge is 0.340 e. The fourth-order valence-corrected chi connectivity index (χ4v) is 4.74. The summed E-state index contributed by atoms with van der Waals surface area (Å²) in [6, 6.07) is 6.68. The molecule has 3 heterocycles. The number of fused-ring (bicyclic) bond motifs is 2. The minimum atomic E-state index is -0.440. The van der Waals surface area contributed by atoms with Gasteiger partial charge in [-0.3, -0.25) is 4.79 Å². The lowest BCUT2D eigenvalue weighted by atomic mass is 9.89. The zero-order valence-corrected chi connectivity index (χ0v) is 18.9. The summed E-state index contributed by atoms with van der Waals surface area (Å²) >= 11 is 0. The molecule has 2 unspecified atom stereocenters. The number of methoxy groups -OCH3 is 1. The molecule has 1 amide bonds. The van der Waals surface area contributed by atoms with Crippen molar-refractivity contribution < 1.29 is 19.1 Å². The van der Waals surface area contributed by atoms with Gasteiger partial charge in [-0.2, -0.15) is 0 Å². The Bertz CT molecular complexity index is 731. The summed E-state index contributed by atoms with van der Waals surface area (Å²) in [5.41, 5.74) is 1.85. The molecule has 0 aromatic heterocycles. The molecule has 1 aromatic rings. The Balaban J connectivity index is 0.00000160. The van der Waals surface area contributed by atoms with Crippen LogP contribution in [-0.4, -0.2) is 57.4 Å². The van der Waals surface area contributed by atoms with Crippen molar-refractivity contribution in [1.82, 2.24) is 5.32 Å². The molecular formula is C21H31Cl2N3O4. The minimum absolute atomic E-state index is 0. The first kappa shape index (κ1) is 24.7. The fraction of sp³-hybridized carbons (Fsp3) is 0.619. The van der Waals surface area contributed by atoms with E-state index in [1.54, 1.807) is 12.1 Å². The largest absolute Gasteiger partial charge is 0.465 e. The van der Waals surface area contributed by atoms with Crippen LogP contribution in [0.25, 0.3) is 0 Å². The molecule has 30 heavy (non-hydrogen) atoms. The molecule has 0 spiro atoms. The molecule has 4 rings (SSSR count). The number of amides is 1. The van der Waals surface area contributed by atoms with Crippen LogP contribution < -0.4 is 15.5 Å². The maximum absolute atomic E-state index is 12.7. The Kier molecular flexibility index (Phi) is 9.22. The SMILES string of the molecule is COC(=O)c1cc(N2CCOCC2)ccc1NC(=O)CC1CC2CCC(C1)N2.Cl.Cl. The van der Waals surface area contributed by atoms with Crippen LogP contribution in [0.2, 0.25) is 0 Å². The summed E-state index contributed by atoms with van der Waals surface area (Å²) in [5.74, 6) is -0.0613. The van der Waals surface area contributed by atoms with E-state index < -0.39 is 5.97 Å². The van der Waals surface area contributed by atoms with Crippen LogP contribution in [0.1, 0.15) is 42.5 Å². The first-order chi connectivity index (χ1) is 13.6. The van der Waals surface area contributed by atoms with E-state index in [1.165, 1.54) is 20.0 Å². The number of rotatable bonds is 5. The lowest BCUT2D eigenvalue weighted by Gasteiger charge is -2.29. The summed E-state index contributed by atoms with van der Waals surface area (Å²) in [6.07, 6.45) is 5.06. The van der Waals surface area contributed by atoms with Crippen molar-refractivity contribution in [2.75, 3.05) is 43.6 Å².